The van der Waals surface area contributed by atoms with Crippen LogP contribution < -0.4 is 60.2 Å². The lowest BCUT2D eigenvalue weighted by Gasteiger charge is -2.27. The van der Waals surface area contributed by atoms with E-state index in [0.29, 0.717) is 6.42 Å². The van der Waals surface area contributed by atoms with Crippen LogP contribution in [0.1, 0.15) is 92.9 Å². The highest BCUT2D eigenvalue weighted by molar-refractivity contribution is 5.97. The van der Waals surface area contributed by atoms with Gasteiger partial charge >= 0.3 is 5.97 Å². The molecule has 0 aromatic heterocycles. The molecule has 0 heterocycles. The number of aliphatic hydroxyl groups excluding tert-OH is 1. The molecule has 0 aliphatic carbocycles. The molecule has 0 rings (SSSR count). The maximum atomic E-state index is 13.4. The normalized spacial score (nSPS) is 15.5. The van der Waals surface area contributed by atoms with Crippen molar-refractivity contribution < 1.29 is 63.0 Å². The van der Waals surface area contributed by atoms with Crippen LogP contribution in [-0.4, -0.2) is 130 Å². The van der Waals surface area contributed by atoms with E-state index in [4.69, 9.17) is 22.9 Å². The average Bonchev–Trinajstić information content (AvgIpc) is 3.15. The van der Waals surface area contributed by atoms with Crippen LogP contribution in [-0.2, 0) is 52.7 Å². The summed E-state index contributed by atoms with van der Waals surface area (Å²) in [7, 11) is 0. The lowest BCUT2D eigenvalue weighted by Crippen LogP contribution is -2.60. The molecule has 0 aromatic carbocycles. The first kappa shape index (κ1) is 54.1. The molecule has 0 saturated heterocycles. The summed E-state index contributed by atoms with van der Waals surface area (Å²) in [5, 5.41) is 36.2. The number of nitrogens with one attached hydrogen (secondary N) is 7. The number of nitrogens with two attached hydrogens (primary N) is 4. The minimum absolute atomic E-state index is 0.0474. The molecule has 0 aliphatic heterocycles. The lowest BCUT2D eigenvalue weighted by atomic mass is 9.97. The van der Waals surface area contributed by atoms with Gasteiger partial charge in [-0.15, -0.1) is 0 Å². The Labute approximate surface area is 347 Å². The van der Waals surface area contributed by atoms with E-state index in [1.807, 2.05) is 0 Å². The molecule has 10 amide bonds. The second-order valence-electron chi connectivity index (χ2n) is 14.9. The molecule has 0 bridgehead atoms. The molecule has 0 radical (unpaired) electrons. The highest BCUT2D eigenvalue weighted by Gasteiger charge is 2.34. The van der Waals surface area contributed by atoms with Crippen molar-refractivity contribution in [3.05, 3.63) is 0 Å². The van der Waals surface area contributed by atoms with Crippen molar-refractivity contribution in [3.63, 3.8) is 0 Å². The molecule has 0 saturated carbocycles. The van der Waals surface area contributed by atoms with Crippen molar-refractivity contribution in [1.82, 2.24) is 37.2 Å². The third kappa shape index (κ3) is 21.2. The predicted molar refractivity (Wildman–Crippen MR) is 212 cm³/mol. The second kappa shape index (κ2) is 27.0. The van der Waals surface area contributed by atoms with Gasteiger partial charge in [0.2, 0.25) is 59.1 Å². The standard InChI is InChI=1S/C36H63N11O13/c1-7-17(4)28(46-31(54)20(37)8-11-24(38)49)34(57)41-15-27(52)43-23(14-16(2)3)33(56)42-18(5)30(53)44-21(9-12-25(39)50)32(55)47-29(19(6)48)35(58)45-22(36(59)60)10-13-26(40)51/h16-23,28-29,48H,7-15,37H2,1-6H3,(H2,38,49)(H2,39,50)(H2,40,51)(H,41,57)(H,42,56)(H,43,52)(H,44,53)(H,45,58)(H,46,54)(H,47,55)(H,59,60)/t17-,18-,19+,20-,21-,22-,23-,28-,29-/m0/s1. The average molecular weight is 858 g/mol. The first-order valence-electron chi connectivity index (χ1n) is 19.4. The Hall–Kier alpha value is -5.91. The third-order valence-electron chi connectivity index (χ3n) is 9.03. The zero-order valence-corrected chi connectivity index (χ0v) is 34.8. The van der Waals surface area contributed by atoms with Crippen LogP contribution in [0.3, 0.4) is 0 Å². The molecule has 340 valence electrons. The zero-order chi connectivity index (χ0) is 46.4. The molecular weight excluding hydrogens is 794 g/mol. The monoisotopic (exact) mass is 857 g/mol. The summed E-state index contributed by atoms with van der Waals surface area (Å²) < 4.78 is 0. The molecule has 9 atom stereocenters. The number of primary amides is 3. The fourth-order valence-electron chi connectivity index (χ4n) is 5.31. The van der Waals surface area contributed by atoms with Gasteiger partial charge in [-0.25, -0.2) is 4.79 Å². The lowest BCUT2D eigenvalue weighted by molar-refractivity contribution is -0.143. The first-order chi connectivity index (χ1) is 27.8. The largest absolute Gasteiger partial charge is 0.480 e. The molecular formula is C36H63N11O13. The minimum atomic E-state index is -1.78. The number of hydrogen-bond acceptors (Lipinski definition) is 13. The number of carbonyl (C=O) groups is 11. The Kier molecular flexibility index (Phi) is 24.3. The van der Waals surface area contributed by atoms with Gasteiger partial charge in [-0.05, 0) is 51.4 Å². The quantitative estimate of drug-likeness (QED) is 0.0334. The van der Waals surface area contributed by atoms with Crippen LogP contribution in [0.4, 0.5) is 0 Å². The van der Waals surface area contributed by atoms with Crippen molar-refractivity contribution in [2.45, 2.75) is 141 Å². The first-order valence-corrected chi connectivity index (χ1v) is 19.4. The van der Waals surface area contributed by atoms with Gasteiger partial charge in [0, 0.05) is 19.3 Å². The van der Waals surface area contributed by atoms with Crippen LogP contribution in [0, 0.1) is 11.8 Å². The number of carboxylic acid groups (broad SMARTS) is 1. The Morgan fingerprint density at radius 1 is 0.550 bits per heavy atom. The van der Waals surface area contributed by atoms with E-state index in [0.717, 1.165) is 6.92 Å². The van der Waals surface area contributed by atoms with Crippen molar-refractivity contribution in [2.75, 3.05) is 6.54 Å². The summed E-state index contributed by atoms with van der Waals surface area (Å²) in [6.07, 6.45) is -2.91. The molecule has 24 heteroatoms. The van der Waals surface area contributed by atoms with Crippen molar-refractivity contribution in [2.24, 2.45) is 34.8 Å². The van der Waals surface area contributed by atoms with E-state index in [2.05, 4.69) is 37.2 Å². The molecule has 60 heavy (non-hydrogen) atoms. The molecule has 24 nitrogen and oxygen atoms in total. The van der Waals surface area contributed by atoms with Gasteiger partial charge in [0.1, 0.15) is 36.3 Å². The number of rotatable bonds is 29. The van der Waals surface area contributed by atoms with Crippen LogP contribution in [0.5, 0.6) is 0 Å². The van der Waals surface area contributed by atoms with E-state index < -0.39 is 152 Å². The maximum absolute atomic E-state index is 13.4. The Morgan fingerprint density at radius 3 is 1.52 bits per heavy atom. The fraction of sp³-hybridized carbons (Fsp3) is 0.694. The fourth-order valence-corrected chi connectivity index (χ4v) is 5.31. The number of carbonyl (C=O) groups excluding carboxylic acids is 10. The highest BCUT2D eigenvalue weighted by atomic mass is 16.4. The zero-order valence-electron chi connectivity index (χ0n) is 34.8. The highest BCUT2D eigenvalue weighted by Crippen LogP contribution is 2.10. The summed E-state index contributed by atoms with van der Waals surface area (Å²) >= 11 is 0. The van der Waals surface area contributed by atoms with Crippen LogP contribution in [0.15, 0.2) is 0 Å². The third-order valence-corrected chi connectivity index (χ3v) is 9.03. The van der Waals surface area contributed by atoms with Gasteiger partial charge in [-0.2, -0.15) is 0 Å². The van der Waals surface area contributed by atoms with E-state index in [1.54, 1.807) is 27.7 Å². The van der Waals surface area contributed by atoms with Gasteiger partial charge in [0.25, 0.3) is 0 Å². The number of aliphatic hydroxyl groups is 1. The number of hydrogen-bond donors (Lipinski definition) is 13. The molecule has 0 aliphatic rings. The molecule has 0 spiro atoms. The Morgan fingerprint density at radius 2 is 1.03 bits per heavy atom. The Bertz CT molecular complexity index is 1560. The maximum Gasteiger partial charge on any atom is 0.326 e. The Balaban J connectivity index is 5.82. The molecule has 0 fully saturated rings. The van der Waals surface area contributed by atoms with Gasteiger partial charge in [0.05, 0.1) is 18.7 Å². The van der Waals surface area contributed by atoms with E-state index >= 15 is 0 Å². The number of carboxylic acids is 1. The molecule has 17 N–H and O–H groups in total. The van der Waals surface area contributed by atoms with Crippen LogP contribution >= 0.6 is 0 Å². The minimum Gasteiger partial charge on any atom is -0.480 e. The molecule has 0 aromatic rings. The van der Waals surface area contributed by atoms with Gasteiger partial charge in [-0.3, -0.25) is 47.9 Å². The second-order valence-corrected chi connectivity index (χ2v) is 14.9. The summed E-state index contributed by atoms with van der Waals surface area (Å²) in [5.41, 5.74) is 21.2. The van der Waals surface area contributed by atoms with Gasteiger partial charge in [-0.1, -0.05) is 34.1 Å². The SMILES string of the molecule is CC[C@H](C)[C@H](NC(=O)[C@@H](N)CCC(N)=O)C(=O)NCC(=O)N[C@@H](CC(C)C)C(=O)N[C@@H](C)C(=O)N[C@@H](CCC(N)=O)C(=O)N[C@H](C(=O)N[C@@H](CCC(N)=O)C(=O)O)[C@@H](C)O. The summed E-state index contributed by atoms with van der Waals surface area (Å²) in [6, 6.07) is -9.80. The summed E-state index contributed by atoms with van der Waals surface area (Å²) in [5.74, 6) is -10.7. The van der Waals surface area contributed by atoms with E-state index in [9.17, 15) is 63.0 Å². The summed E-state index contributed by atoms with van der Waals surface area (Å²) in [4.78, 5) is 137. The van der Waals surface area contributed by atoms with E-state index in [-0.39, 0.29) is 25.2 Å². The van der Waals surface area contributed by atoms with Crippen molar-refractivity contribution in [3.8, 4) is 0 Å². The van der Waals surface area contributed by atoms with Crippen molar-refractivity contribution in [1.29, 1.82) is 0 Å². The smallest absolute Gasteiger partial charge is 0.326 e. The summed E-state index contributed by atoms with van der Waals surface area (Å²) in [6.45, 7) is 8.71. The van der Waals surface area contributed by atoms with Crippen LogP contribution in [0.25, 0.3) is 0 Å². The number of aliphatic carboxylic acids is 1. The van der Waals surface area contributed by atoms with Crippen molar-refractivity contribution >= 4 is 65.0 Å². The predicted octanol–water partition coefficient (Wildman–Crippen LogP) is -5.29. The number of amides is 10. The topological polar surface area (TPSA) is 417 Å². The van der Waals surface area contributed by atoms with Crippen LogP contribution in [0.2, 0.25) is 0 Å². The van der Waals surface area contributed by atoms with Gasteiger partial charge in [0.15, 0.2) is 0 Å². The molecule has 0 unspecified atom stereocenters. The van der Waals surface area contributed by atoms with E-state index in [1.165, 1.54) is 6.92 Å². The van der Waals surface area contributed by atoms with Gasteiger partial charge < -0.3 is 70.4 Å².